The van der Waals surface area contributed by atoms with Gasteiger partial charge in [-0.25, -0.2) is 4.98 Å². The molecule has 4 nitrogen and oxygen atoms in total. The number of nitrogens with zero attached hydrogens (tertiary/aromatic N) is 2. The van der Waals surface area contributed by atoms with Gasteiger partial charge in [0.1, 0.15) is 12.1 Å². The first-order valence-corrected chi connectivity index (χ1v) is 6.42. The van der Waals surface area contributed by atoms with E-state index in [1.807, 2.05) is 13.0 Å². The average Bonchev–Trinajstić information content (AvgIpc) is 2.41. The van der Waals surface area contributed by atoms with Crippen LogP contribution in [0.3, 0.4) is 0 Å². The lowest BCUT2D eigenvalue weighted by molar-refractivity contribution is 0.367. The van der Waals surface area contributed by atoms with Crippen LogP contribution < -0.4 is 9.47 Å². The molecule has 0 amide bonds. The minimum Gasteiger partial charge on any atom is -0.489 e. The molecule has 0 saturated heterocycles. The van der Waals surface area contributed by atoms with Crippen LogP contribution in [0.2, 0.25) is 10.2 Å². The Kier molecular flexibility index (Phi) is 4.45. The van der Waals surface area contributed by atoms with Crippen LogP contribution in [0.25, 0.3) is 0 Å². The molecule has 0 unspecified atom stereocenters. The topological polar surface area (TPSA) is 44.2 Å². The van der Waals surface area contributed by atoms with E-state index in [0.717, 1.165) is 12.0 Å². The smallest absolute Gasteiger partial charge is 0.267 e. The maximum Gasteiger partial charge on any atom is 0.267 e. The Morgan fingerprint density at radius 1 is 1.21 bits per heavy atom. The van der Waals surface area contributed by atoms with Crippen molar-refractivity contribution in [1.82, 2.24) is 9.97 Å². The van der Waals surface area contributed by atoms with Crippen LogP contribution in [0.4, 0.5) is 0 Å². The number of hydrogen-bond donors (Lipinski definition) is 0. The highest BCUT2D eigenvalue weighted by molar-refractivity contribution is 6.31. The quantitative estimate of drug-likeness (QED) is 0.796. The highest BCUT2D eigenvalue weighted by Gasteiger charge is 2.13. The maximum atomic E-state index is 6.06. The van der Waals surface area contributed by atoms with Gasteiger partial charge in [0.05, 0.1) is 7.11 Å². The number of aromatic nitrogens is 2. The van der Waals surface area contributed by atoms with Gasteiger partial charge in [-0.3, -0.25) is 0 Å². The van der Waals surface area contributed by atoms with Crippen LogP contribution in [0.1, 0.15) is 12.5 Å². The number of rotatable bonds is 4. The van der Waals surface area contributed by atoms with Gasteiger partial charge in [-0.15, -0.1) is 0 Å². The fourth-order valence-corrected chi connectivity index (χ4v) is 2.03. The molecule has 0 aliphatic rings. The molecule has 1 aromatic heterocycles. The van der Waals surface area contributed by atoms with Gasteiger partial charge in [-0.2, -0.15) is 4.98 Å². The third kappa shape index (κ3) is 3.08. The molecule has 0 N–H and O–H groups in total. The molecule has 0 radical (unpaired) electrons. The van der Waals surface area contributed by atoms with Crippen LogP contribution in [-0.4, -0.2) is 17.1 Å². The summed E-state index contributed by atoms with van der Waals surface area (Å²) in [5.41, 5.74) is 0.998. The van der Waals surface area contributed by atoms with E-state index in [0.29, 0.717) is 16.5 Å². The molecule has 19 heavy (non-hydrogen) atoms. The normalized spacial score (nSPS) is 10.3. The lowest BCUT2D eigenvalue weighted by Crippen LogP contribution is -1.96. The highest BCUT2D eigenvalue weighted by atomic mass is 35.5. The van der Waals surface area contributed by atoms with Crippen LogP contribution in [-0.2, 0) is 6.42 Å². The Labute approximate surface area is 121 Å². The number of aryl methyl sites for hydroxylation is 1. The predicted octanol–water partition coefficient (Wildman–Crippen LogP) is 4.15. The van der Waals surface area contributed by atoms with Crippen molar-refractivity contribution in [3.8, 4) is 17.4 Å². The van der Waals surface area contributed by atoms with Crippen molar-refractivity contribution in [2.24, 2.45) is 0 Å². The summed E-state index contributed by atoms with van der Waals surface area (Å²) < 4.78 is 10.8. The number of ether oxygens (including phenoxy) is 2. The van der Waals surface area contributed by atoms with E-state index in [-0.39, 0.29) is 11.0 Å². The average molecular weight is 299 g/mol. The largest absolute Gasteiger partial charge is 0.489 e. The third-order valence-electron chi connectivity index (χ3n) is 2.54. The third-order valence-corrected chi connectivity index (χ3v) is 3.18. The molecule has 6 heteroatoms. The molecule has 0 aliphatic heterocycles. The molecule has 1 aromatic carbocycles. The Bertz CT molecular complexity index is 591. The summed E-state index contributed by atoms with van der Waals surface area (Å²) in [7, 11) is 1.48. The van der Waals surface area contributed by atoms with Crippen molar-refractivity contribution in [3.05, 3.63) is 40.3 Å². The van der Waals surface area contributed by atoms with Crippen molar-refractivity contribution in [2.45, 2.75) is 13.3 Å². The zero-order valence-electron chi connectivity index (χ0n) is 10.5. The lowest BCUT2D eigenvalue weighted by atomic mass is 10.1. The van der Waals surface area contributed by atoms with E-state index in [2.05, 4.69) is 9.97 Å². The first-order chi connectivity index (χ1) is 9.15. The van der Waals surface area contributed by atoms with Gasteiger partial charge in [-0.1, -0.05) is 30.1 Å². The van der Waals surface area contributed by atoms with Gasteiger partial charge >= 0.3 is 0 Å². The summed E-state index contributed by atoms with van der Waals surface area (Å²) in [6, 6.07) is 5.40. The molecule has 0 spiro atoms. The lowest BCUT2D eigenvalue weighted by Gasteiger charge is -2.10. The summed E-state index contributed by atoms with van der Waals surface area (Å²) in [6.07, 6.45) is 2.13. The Balaban J connectivity index is 2.33. The zero-order chi connectivity index (χ0) is 13.8. The van der Waals surface area contributed by atoms with Crippen molar-refractivity contribution in [2.75, 3.05) is 7.11 Å². The summed E-state index contributed by atoms with van der Waals surface area (Å²) in [4.78, 5) is 7.84. The molecule has 100 valence electrons. The Hall–Kier alpha value is -1.52. The van der Waals surface area contributed by atoms with Crippen LogP contribution >= 0.6 is 23.2 Å². The van der Waals surface area contributed by atoms with E-state index < -0.39 is 0 Å². The number of hydrogen-bond acceptors (Lipinski definition) is 4. The monoisotopic (exact) mass is 298 g/mol. The summed E-state index contributed by atoms with van der Waals surface area (Å²) >= 11 is 12.0. The number of benzene rings is 1. The molecule has 2 rings (SSSR count). The van der Waals surface area contributed by atoms with E-state index in [1.165, 1.54) is 13.4 Å². The summed E-state index contributed by atoms with van der Waals surface area (Å²) in [6.45, 7) is 2.02. The summed E-state index contributed by atoms with van der Waals surface area (Å²) in [5.74, 6) is 1.19. The molecule has 0 atom stereocenters. The van der Waals surface area contributed by atoms with Crippen molar-refractivity contribution >= 4 is 23.2 Å². The Morgan fingerprint density at radius 3 is 2.68 bits per heavy atom. The van der Waals surface area contributed by atoms with Crippen molar-refractivity contribution in [3.63, 3.8) is 0 Å². The standard InChI is InChI=1S/C13H12Cl2N2O2/c1-3-8-6-9(4-5-10(8)14)19-13-11(18-2)12(15)16-7-17-13/h4-7H,3H2,1-2H3. The fourth-order valence-electron chi connectivity index (χ4n) is 1.58. The second kappa shape index (κ2) is 6.08. The molecule has 0 fully saturated rings. The van der Waals surface area contributed by atoms with Gasteiger partial charge in [0.25, 0.3) is 5.88 Å². The SMILES string of the molecule is CCc1cc(Oc2ncnc(Cl)c2OC)ccc1Cl. The van der Waals surface area contributed by atoms with Gasteiger partial charge in [0, 0.05) is 5.02 Å². The molecule has 2 aromatic rings. The molecule has 0 bridgehead atoms. The van der Waals surface area contributed by atoms with E-state index in [1.54, 1.807) is 12.1 Å². The fraction of sp³-hybridized carbons (Fsp3) is 0.231. The van der Waals surface area contributed by atoms with Crippen LogP contribution in [0.15, 0.2) is 24.5 Å². The van der Waals surface area contributed by atoms with Crippen molar-refractivity contribution < 1.29 is 9.47 Å². The van der Waals surface area contributed by atoms with Gasteiger partial charge in [0.2, 0.25) is 5.75 Å². The molecular formula is C13H12Cl2N2O2. The van der Waals surface area contributed by atoms with E-state index in [4.69, 9.17) is 32.7 Å². The van der Waals surface area contributed by atoms with Crippen LogP contribution in [0.5, 0.6) is 17.4 Å². The van der Waals surface area contributed by atoms with E-state index >= 15 is 0 Å². The highest BCUT2D eigenvalue weighted by Crippen LogP contribution is 2.34. The van der Waals surface area contributed by atoms with Crippen LogP contribution in [0, 0.1) is 0 Å². The van der Waals surface area contributed by atoms with Gasteiger partial charge < -0.3 is 9.47 Å². The molecule has 0 saturated carbocycles. The number of methoxy groups -OCH3 is 1. The first kappa shape index (κ1) is 13.9. The number of halogens is 2. The second-order valence-electron chi connectivity index (χ2n) is 3.71. The first-order valence-electron chi connectivity index (χ1n) is 5.66. The molecule has 1 heterocycles. The minimum absolute atomic E-state index is 0.206. The molecular weight excluding hydrogens is 287 g/mol. The summed E-state index contributed by atoms with van der Waals surface area (Å²) in [5, 5.41) is 0.916. The van der Waals surface area contributed by atoms with Gasteiger partial charge in [0.15, 0.2) is 5.15 Å². The van der Waals surface area contributed by atoms with Gasteiger partial charge in [-0.05, 0) is 30.2 Å². The van der Waals surface area contributed by atoms with E-state index in [9.17, 15) is 0 Å². The zero-order valence-corrected chi connectivity index (χ0v) is 12.0. The minimum atomic E-state index is 0.206. The Morgan fingerprint density at radius 2 is 2.00 bits per heavy atom. The van der Waals surface area contributed by atoms with Crippen molar-refractivity contribution in [1.29, 1.82) is 0 Å². The second-order valence-corrected chi connectivity index (χ2v) is 4.48. The molecule has 0 aliphatic carbocycles. The maximum absolute atomic E-state index is 6.06. The predicted molar refractivity (Wildman–Crippen MR) is 74.5 cm³/mol.